The lowest BCUT2D eigenvalue weighted by Gasteiger charge is -2.39. The highest BCUT2D eigenvalue weighted by Crippen LogP contribution is 2.39. The van der Waals surface area contributed by atoms with E-state index in [1.165, 1.54) is 12.0 Å². The summed E-state index contributed by atoms with van der Waals surface area (Å²) in [6.07, 6.45) is 3.21. The lowest BCUT2D eigenvalue weighted by Crippen LogP contribution is -2.48. The molecule has 2 fully saturated rings. The number of piperidine rings is 1. The van der Waals surface area contributed by atoms with Crippen molar-refractivity contribution < 1.29 is 9.53 Å². The van der Waals surface area contributed by atoms with Crippen LogP contribution in [0.2, 0.25) is 0 Å². The van der Waals surface area contributed by atoms with E-state index >= 15 is 0 Å². The Kier molecular flexibility index (Phi) is 4.93. The largest absolute Gasteiger partial charge is 0.415 e. The van der Waals surface area contributed by atoms with Crippen molar-refractivity contribution in [3.8, 4) is 5.75 Å². The second-order valence-corrected chi connectivity index (χ2v) is 7.65. The van der Waals surface area contributed by atoms with Gasteiger partial charge in [-0.25, -0.2) is 4.79 Å². The monoisotopic (exact) mass is 350 g/mol. The standard InChI is InChI=1S/C22H26N2O2/c25-21(26-20-10-5-2-6-11-20)24-14-7-12-22(18-24)13-15-23(17-22)16-19-8-3-1-4-9-19/h1-6,8-11H,7,12-18H2/t22-/m0/s1. The second kappa shape index (κ2) is 7.50. The zero-order valence-corrected chi connectivity index (χ0v) is 15.1. The molecule has 2 heterocycles. The molecule has 4 nitrogen and oxygen atoms in total. The van der Waals surface area contributed by atoms with Gasteiger partial charge in [0.15, 0.2) is 0 Å². The summed E-state index contributed by atoms with van der Waals surface area (Å²) in [5.41, 5.74) is 1.59. The smallest absolute Gasteiger partial charge is 0.410 e. The van der Waals surface area contributed by atoms with Gasteiger partial charge in [-0.15, -0.1) is 0 Å². The van der Waals surface area contributed by atoms with Crippen LogP contribution in [0.15, 0.2) is 60.7 Å². The highest BCUT2D eigenvalue weighted by molar-refractivity contribution is 5.70. The number of para-hydroxylation sites is 1. The first-order valence-corrected chi connectivity index (χ1v) is 9.51. The highest BCUT2D eigenvalue weighted by atomic mass is 16.6. The van der Waals surface area contributed by atoms with E-state index in [9.17, 15) is 4.79 Å². The van der Waals surface area contributed by atoms with Gasteiger partial charge >= 0.3 is 6.09 Å². The number of likely N-dealkylation sites (tertiary alicyclic amines) is 2. The molecule has 1 atom stereocenters. The Morgan fingerprint density at radius 3 is 2.42 bits per heavy atom. The third-order valence-electron chi connectivity index (χ3n) is 5.63. The number of rotatable bonds is 3. The van der Waals surface area contributed by atoms with Crippen LogP contribution >= 0.6 is 0 Å². The maximum atomic E-state index is 12.6. The summed E-state index contributed by atoms with van der Waals surface area (Å²) in [5, 5.41) is 0. The van der Waals surface area contributed by atoms with Gasteiger partial charge in [0.2, 0.25) is 0 Å². The molecule has 2 saturated heterocycles. The van der Waals surface area contributed by atoms with E-state index in [1.807, 2.05) is 35.2 Å². The predicted octanol–water partition coefficient (Wildman–Crippen LogP) is 4.17. The van der Waals surface area contributed by atoms with Crippen molar-refractivity contribution in [2.24, 2.45) is 5.41 Å². The number of hydrogen-bond donors (Lipinski definition) is 0. The van der Waals surface area contributed by atoms with Crippen molar-refractivity contribution in [2.45, 2.75) is 25.8 Å². The minimum Gasteiger partial charge on any atom is -0.410 e. The molecule has 4 rings (SSSR count). The third-order valence-corrected chi connectivity index (χ3v) is 5.63. The minimum atomic E-state index is -0.211. The molecule has 1 amide bonds. The van der Waals surface area contributed by atoms with E-state index in [-0.39, 0.29) is 11.5 Å². The molecule has 0 bridgehead atoms. The van der Waals surface area contributed by atoms with Crippen molar-refractivity contribution in [1.29, 1.82) is 0 Å². The molecule has 2 aliphatic rings. The first-order valence-electron chi connectivity index (χ1n) is 9.51. The summed E-state index contributed by atoms with van der Waals surface area (Å²) in [5.74, 6) is 0.620. The lowest BCUT2D eigenvalue weighted by atomic mass is 9.79. The van der Waals surface area contributed by atoms with Crippen LogP contribution in [0.5, 0.6) is 5.75 Å². The average molecular weight is 350 g/mol. The molecular weight excluding hydrogens is 324 g/mol. The molecule has 26 heavy (non-hydrogen) atoms. The third kappa shape index (κ3) is 3.91. The number of carbonyl (C=O) groups is 1. The van der Waals surface area contributed by atoms with Crippen LogP contribution in [-0.4, -0.2) is 42.1 Å². The van der Waals surface area contributed by atoms with Crippen molar-refractivity contribution in [3.05, 3.63) is 66.2 Å². The highest BCUT2D eigenvalue weighted by Gasteiger charge is 2.42. The zero-order chi connectivity index (χ0) is 17.8. The molecule has 0 aliphatic carbocycles. The van der Waals surface area contributed by atoms with Gasteiger partial charge in [-0.1, -0.05) is 48.5 Å². The van der Waals surface area contributed by atoms with Gasteiger partial charge in [0, 0.05) is 31.6 Å². The van der Waals surface area contributed by atoms with Crippen LogP contribution in [0.3, 0.4) is 0 Å². The molecule has 2 aliphatic heterocycles. The van der Waals surface area contributed by atoms with E-state index in [2.05, 4.69) is 35.2 Å². The van der Waals surface area contributed by atoms with Crippen LogP contribution in [0.1, 0.15) is 24.8 Å². The Hall–Kier alpha value is -2.33. The number of nitrogens with zero attached hydrogens (tertiary/aromatic N) is 2. The van der Waals surface area contributed by atoms with E-state index in [0.29, 0.717) is 5.75 Å². The maximum absolute atomic E-state index is 12.6. The fraction of sp³-hybridized carbons (Fsp3) is 0.409. The number of amides is 1. The van der Waals surface area contributed by atoms with Crippen LogP contribution in [0, 0.1) is 5.41 Å². The number of benzene rings is 2. The molecular formula is C22H26N2O2. The maximum Gasteiger partial charge on any atom is 0.415 e. The fourth-order valence-corrected chi connectivity index (χ4v) is 4.36. The molecule has 0 unspecified atom stereocenters. The van der Waals surface area contributed by atoms with Crippen LogP contribution in [0.4, 0.5) is 4.79 Å². The molecule has 4 heteroatoms. The van der Waals surface area contributed by atoms with Gasteiger partial charge in [-0.2, -0.15) is 0 Å². The molecule has 0 radical (unpaired) electrons. The Labute approximate surface area is 155 Å². The summed E-state index contributed by atoms with van der Waals surface area (Å²) >= 11 is 0. The molecule has 0 aromatic heterocycles. The van der Waals surface area contributed by atoms with Crippen molar-refractivity contribution in [2.75, 3.05) is 26.2 Å². The molecule has 136 valence electrons. The molecule has 0 N–H and O–H groups in total. The van der Waals surface area contributed by atoms with Gasteiger partial charge in [-0.3, -0.25) is 4.90 Å². The summed E-state index contributed by atoms with van der Waals surface area (Å²) in [6, 6.07) is 20.0. The summed E-state index contributed by atoms with van der Waals surface area (Å²) in [6.45, 7) is 4.78. The second-order valence-electron chi connectivity index (χ2n) is 7.65. The summed E-state index contributed by atoms with van der Waals surface area (Å²) in [7, 11) is 0. The average Bonchev–Trinajstić information content (AvgIpc) is 3.05. The fourth-order valence-electron chi connectivity index (χ4n) is 4.36. The van der Waals surface area contributed by atoms with Gasteiger partial charge < -0.3 is 9.64 Å². The zero-order valence-electron chi connectivity index (χ0n) is 15.1. The van der Waals surface area contributed by atoms with Crippen molar-refractivity contribution >= 4 is 6.09 Å². The Balaban J connectivity index is 1.36. The Bertz CT molecular complexity index is 734. The van der Waals surface area contributed by atoms with Crippen LogP contribution in [-0.2, 0) is 6.54 Å². The van der Waals surface area contributed by atoms with Gasteiger partial charge in [0.05, 0.1) is 0 Å². The van der Waals surface area contributed by atoms with E-state index in [1.54, 1.807) is 0 Å². The lowest BCUT2D eigenvalue weighted by molar-refractivity contribution is 0.0844. The van der Waals surface area contributed by atoms with Gasteiger partial charge in [0.25, 0.3) is 0 Å². The molecule has 2 aromatic carbocycles. The number of carbonyl (C=O) groups excluding carboxylic acids is 1. The predicted molar refractivity (Wildman–Crippen MR) is 102 cm³/mol. The quantitative estimate of drug-likeness (QED) is 0.833. The Morgan fingerprint density at radius 2 is 1.65 bits per heavy atom. The van der Waals surface area contributed by atoms with Crippen LogP contribution in [0.25, 0.3) is 0 Å². The van der Waals surface area contributed by atoms with Crippen molar-refractivity contribution in [3.63, 3.8) is 0 Å². The van der Waals surface area contributed by atoms with Gasteiger partial charge in [0.1, 0.15) is 5.75 Å². The molecule has 2 aromatic rings. The van der Waals surface area contributed by atoms with E-state index in [0.717, 1.165) is 45.6 Å². The first-order chi connectivity index (χ1) is 12.7. The number of ether oxygens (including phenoxy) is 1. The summed E-state index contributed by atoms with van der Waals surface area (Å²) in [4.78, 5) is 17.0. The van der Waals surface area contributed by atoms with Crippen LogP contribution < -0.4 is 4.74 Å². The summed E-state index contributed by atoms with van der Waals surface area (Å²) < 4.78 is 5.55. The topological polar surface area (TPSA) is 32.8 Å². The molecule has 1 spiro atoms. The SMILES string of the molecule is O=C(Oc1ccccc1)N1CCC[C@@]2(CCN(Cc3ccccc3)C2)C1. The van der Waals surface area contributed by atoms with E-state index < -0.39 is 0 Å². The minimum absolute atomic E-state index is 0.211. The Morgan fingerprint density at radius 1 is 0.923 bits per heavy atom. The molecule has 0 saturated carbocycles. The van der Waals surface area contributed by atoms with E-state index in [4.69, 9.17) is 4.74 Å². The number of hydrogen-bond acceptors (Lipinski definition) is 3. The first kappa shape index (κ1) is 17.1. The van der Waals surface area contributed by atoms with Crippen molar-refractivity contribution in [1.82, 2.24) is 9.80 Å². The van der Waals surface area contributed by atoms with Gasteiger partial charge in [-0.05, 0) is 43.5 Å². The normalized spacial score (nSPS) is 23.3.